The van der Waals surface area contributed by atoms with Gasteiger partial charge in [-0.1, -0.05) is 85.0 Å². The SMILES string of the molecule is C=C(C)C(/C=C/C)CC(=O)N1[C@H]2CO[C@@H](c3ccccc3)O[C@H]2[C@@H]2O[C@H](c3ccccc3)OC[C@@H]21. The molecule has 3 saturated heterocycles. The summed E-state index contributed by atoms with van der Waals surface area (Å²) in [7, 11) is 0. The average molecular weight is 476 g/mol. The Hall–Kier alpha value is -2.77. The zero-order chi connectivity index (χ0) is 24.4. The third kappa shape index (κ3) is 4.84. The number of amides is 1. The molecule has 184 valence electrons. The number of hydrogen-bond donors (Lipinski definition) is 0. The van der Waals surface area contributed by atoms with E-state index >= 15 is 0 Å². The highest BCUT2D eigenvalue weighted by molar-refractivity contribution is 5.78. The second kappa shape index (κ2) is 10.5. The molecule has 0 radical (unpaired) electrons. The molecule has 1 amide bonds. The highest BCUT2D eigenvalue weighted by Gasteiger charge is 2.57. The first-order chi connectivity index (χ1) is 17.1. The van der Waals surface area contributed by atoms with Gasteiger partial charge in [-0.05, 0) is 13.8 Å². The lowest BCUT2D eigenvalue weighted by atomic mass is 9.96. The first-order valence-corrected chi connectivity index (χ1v) is 12.3. The number of rotatable bonds is 6. The molecular formula is C29H33NO5. The van der Waals surface area contributed by atoms with E-state index in [2.05, 4.69) is 6.58 Å². The first kappa shape index (κ1) is 23.9. The number of carbonyl (C=O) groups is 1. The van der Waals surface area contributed by atoms with Gasteiger partial charge in [0.1, 0.15) is 12.2 Å². The predicted molar refractivity (Wildman–Crippen MR) is 132 cm³/mol. The molecule has 6 nitrogen and oxygen atoms in total. The second-order valence-corrected chi connectivity index (χ2v) is 9.47. The molecule has 0 N–H and O–H groups in total. The van der Waals surface area contributed by atoms with E-state index in [0.717, 1.165) is 16.7 Å². The van der Waals surface area contributed by atoms with Gasteiger partial charge < -0.3 is 23.8 Å². The summed E-state index contributed by atoms with van der Waals surface area (Å²) in [6.07, 6.45) is 2.71. The number of carbonyl (C=O) groups excluding carboxylic acids is 1. The van der Waals surface area contributed by atoms with Gasteiger partial charge in [0.2, 0.25) is 5.91 Å². The van der Waals surface area contributed by atoms with Crippen molar-refractivity contribution < 1.29 is 23.7 Å². The summed E-state index contributed by atoms with van der Waals surface area (Å²) in [5, 5.41) is 0. The lowest BCUT2D eigenvalue weighted by Gasteiger charge is -2.37. The van der Waals surface area contributed by atoms with Gasteiger partial charge in [0.25, 0.3) is 0 Å². The van der Waals surface area contributed by atoms with Crippen LogP contribution < -0.4 is 0 Å². The van der Waals surface area contributed by atoms with Crippen LogP contribution in [0.1, 0.15) is 44.0 Å². The van der Waals surface area contributed by atoms with E-state index in [1.807, 2.05) is 91.6 Å². The molecule has 3 aliphatic rings. The fourth-order valence-corrected chi connectivity index (χ4v) is 5.30. The molecular weight excluding hydrogens is 442 g/mol. The summed E-state index contributed by atoms with van der Waals surface area (Å²) in [4.78, 5) is 15.6. The molecule has 0 spiro atoms. The first-order valence-electron chi connectivity index (χ1n) is 12.3. The van der Waals surface area contributed by atoms with E-state index in [0.29, 0.717) is 19.6 Å². The Balaban J connectivity index is 1.41. The van der Waals surface area contributed by atoms with Crippen molar-refractivity contribution in [2.45, 2.75) is 57.1 Å². The van der Waals surface area contributed by atoms with Gasteiger partial charge in [0.15, 0.2) is 12.6 Å². The van der Waals surface area contributed by atoms with Crippen LogP contribution in [0, 0.1) is 5.92 Å². The maximum atomic E-state index is 13.7. The predicted octanol–water partition coefficient (Wildman–Crippen LogP) is 4.95. The summed E-state index contributed by atoms with van der Waals surface area (Å²) in [5.74, 6) is 0.0179. The molecule has 3 fully saturated rings. The van der Waals surface area contributed by atoms with Crippen LogP contribution in [-0.2, 0) is 23.7 Å². The number of allylic oxidation sites excluding steroid dienone is 3. The van der Waals surface area contributed by atoms with Crippen molar-refractivity contribution in [2.24, 2.45) is 5.92 Å². The molecule has 35 heavy (non-hydrogen) atoms. The van der Waals surface area contributed by atoms with Crippen LogP contribution in [0.2, 0.25) is 0 Å². The molecule has 0 aromatic heterocycles. The van der Waals surface area contributed by atoms with Crippen LogP contribution in [0.15, 0.2) is 85.0 Å². The molecule has 2 aromatic rings. The summed E-state index contributed by atoms with van der Waals surface area (Å²) >= 11 is 0. The van der Waals surface area contributed by atoms with Crippen molar-refractivity contribution in [2.75, 3.05) is 13.2 Å². The molecule has 0 saturated carbocycles. The monoisotopic (exact) mass is 475 g/mol. The Morgan fingerprint density at radius 1 is 0.943 bits per heavy atom. The summed E-state index contributed by atoms with van der Waals surface area (Å²) in [6.45, 7) is 8.76. The van der Waals surface area contributed by atoms with Gasteiger partial charge in [0.05, 0.1) is 25.3 Å². The fraction of sp³-hybridized carbons (Fsp3) is 0.414. The maximum absolute atomic E-state index is 13.7. The average Bonchev–Trinajstić information content (AvgIpc) is 3.22. The Morgan fingerprint density at radius 3 is 1.86 bits per heavy atom. The molecule has 7 atom stereocenters. The molecule has 1 unspecified atom stereocenters. The van der Waals surface area contributed by atoms with Crippen molar-refractivity contribution in [3.05, 3.63) is 96.1 Å². The van der Waals surface area contributed by atoms with E-state index in [4.69, 9.17) is 18.9 Å². The number of benzene rings is 2. The second-order valence-electron chi connectivity index (χ2n) is 9.47. The lowest BCUT2D eigenvalue weighted by Crippen LogP contribution is -2.50. The highest BCUT2D eigenvalue weighted by atomic mass is 16.7. The van der Waals surface area contributed by atoms with Gasteiger partial charge in [-0.25, -0.2) is 0 Å². The largest absolute Gasteiger partial charge is 0.346 e. The van der Waals surface area contributed by atoms with Gasteiger partial charge >= 0.3 is 0 Å². The van der Waals surface area contributed by atoms with Crippen LogP contribution in [-0.4, -0.2) is 48.3 Å². The van der Waals surface area contributed by atoms with Crippen LogP contribution in [0.4, 0.5) is 0 Å². The quantitative estimate of drug-likeness (QED) is 0.553. The standard InChI is InChI=1S/C29H33NO5/c1-4-11-22(19(2)3)16-25(31)30-23-17-32-28(20-12-7-5-8-13-20)34-26(23)27-24(30)18-33-29(35-27)21-14-9-6-10-15-21/h4-15,22-24,26-29H,2,16-18H2,1,3H3/b11-4+/t22?,23-,24-,26+,27+,28+,29+/m0/s1. The van der Waals surface area contributed by atoms with Gasteiger partial charge in [-0.15, -0.1) is 0 Å². The van der Waals surface area contributed by atoms with Crippen molar-refractivity contribution in [3.8, 4) is 0 Å². The zero-order valence-corrected chi connectivity index (χ0v) is 20.3. The number of fused-ring (bicyclic) bond motifs is 3. The smallest absolute Gasteiger partial charge is 0.224 e. The minimum Gasteiger partial charge on any atom is -0.346 e. The van der Waals surface area contributed by atoms with Crippen LogP contribution in [0.5, 0.6) is 0 Å². The van der Waals surface area contributed by atoms with E-state index in [1.54, 1.807) is 0 Å². The lowest BCUT2D eigenvalue weighted by molar-refractivity contribution is -0.278. The molecule has 2 aromatic carbocycles. The maximum Gasteiger partial charge on any atom is 0.224 e. The summed E-state index contributed by atoms with van der Waals surface area (Å²) in [6, 6.07) is 19.3. The van der Waals surface area contributed by atoms with Gasteiger partial charge in [-0.3, -0.25) is 4.79 Å². The zero-order valence-electron chi connectivity index (χ0n) is 20.3. The molecule has 0 aliphatic carbocycles. The van der Waals surface area contributed by atoms with Crippen molar-refractivity contribution in [1.29, 1.82) is 0 Å². The minimum absolute atomic E-state index is 0.0185. The third-order valence-corrected chi connectivity index (χ3v) is 7.08. The van der Waals surface area contributed by atoms with Crippen molar-refractivity contribution in [1.82, 2.24) is 4.90 Å². The highest BCUT2D eigenvalue weighted by Crippen LogP contribution is 2.43. The van der Waals surface area contributed by atoms with Crippen LogP contribution >= 0.6 is 0 Å². The summed E-state index contributed by atoms with van der Waals surface area (Å²) < 4.78 is 25.3. The molecule has 6 heteroatoms. The number of ether oxygens (including phenoxy) is 4. The van der Waals surface area contributed by atoms with Gasteiger partial charge in [0, 0.05) is 23.5 Å². The van der Waals surface area contributed by atoms with Crippen molar-refractivity contribution >= 4 is 5.91 Å². The summed E-state index contributed by atoms with van der Waals surface area (Å²) in [5.41, 5.74) is 2.87. The Labute approximate surface area is 207 Å². The normalized spacial score (nSPS) is 31.1. The fourth-order valence-electron chi connectivity index (χ4n) is 5.30. The van der Waals surface area contributed by atoms with E-state index < -0.39 is 12.6 Å². The molecule has 5 rings (SSSR count). The van der Waals surface area contributed by atoms with E-state index in [9.17, 15) is 4.79 Å². The van der Waals surface area contributed by atoms with Crippen LogP contribution in [0.3, 0.4) is 0 Å². The molecule has 3 aliphatic heterocycles. The third-order valence-electron chi connectivity index (χ3n) is 7.08. The van der Waals surface area contributed by atoms with E-state index in [1.165, 1.54) is 0 Å². The Morgan fingerprint density at radius 2 is 1.43 bits per heavy atom. The van der Waals surface area contributed by atoms with E-state index in [-0.39, 0.29) is 36.1 Å². The number of nitrogens with zero attached hydrogens (tertiary/aromatic N) is 1. The van der Waals surface area contributed by atoms with Gasteiger partial charge in [-0.2, -0.15) is 0 Å². The van der Waals surface area contributed by atoms with Crippen LogP contribution in [0.25, 0.3) is 0 Å². The Bertz CT molecular complexity index is 992. The number of hydrogen-bond acceptors (Lipinski definition) is 5. The van der Waals surface area contributed by atoms with Crippen molar-refractivity contribution in [3.63, 3.8) is 0 Å². The Kier molecular flexibility index (Phi) is 7.16. The molecule has 0 bridgehead atoms. The molecule has 3 heterocycles. The number of likely N-dealkylation sites (tertiary alicyclic amines) is 1. The minimum atomic E-state index is -0.499. The topological polar surface area (TPSA) is 57.2 Å².